The monoisotopic (exact) mass is 233 g/mol. The number of hydrogen-bond acceptors (Lipinski definition) is 4. The number of nitrogens with zero attached hydrogens (tertiary/aromatic N) is 2. The van der Waals surface area contributed by atoms with E-state index in [9.17, 15) is 4.79 Å². The van der Waals surface area contributed by atoms with E-state index < -0.39 is 0 Å². The molecule has 4 nitrogen and oxygen atoms in total. The summed E-state index contributed by atoms with van der Waals surface area (Å²) in [7, 11) is 0. The maximum Gasteiger partial charge on any atom is 0.215 e. The number of hydrogen-bond donors (Lipinski definition) is 1. The van der Waals surface area contributed by atoms with Crippen LogP contribution in [0.3, 0.4) is 0 Å². The molecule has 0 radical (unpaired) electrons. The van der Waals surface area contributed by atoms with Gasteiger partial charge in [-0.15, -0.1) is 0 Å². The van der Waals surface area contributed by atoms with Crippen molar-refractivity contribution in [3.05, 3.63) is 53.1 Å². The molecule has 16 heavy (non-hydrogen) atoms. The SMILES string of the molecule is Nc1cc(Cl)cnc1C(=O)c1cccnc1. The second-order valence-corrected chi connectivity index (χ2v) is 3.60. The van der Waals surface area contributed by atoms with Crippen molar-refractivity contribution in [3.8, 4) is 0 Å². The third-order valence-electron chi connectivity index (χ3n) is 2.02. The predicted molar refractivity (Wildman–Crippen MR) is 61.3 cm³/mol. The van der Waals surface area contributed by atoms with Crippen LogP contribution in [-0.2, 0) is 0 Å². The third-order valence-corrected chi connectivity index (χ3v) is 2.23. The lowest BCUT2D eigenvalue weighted by atomic mass is 10.1. The first-order valence-corrected chi connectivity index (χ1v) is 4.92. The van der Waals surface area contributed by atoms with Gasteiger partial charge in [0.1, 0.15) is 5.69 Å². The Morgan fingerprint density at radius 2 is 2.19 bits per heavy atom. The first kappa shape index (κ1) is 10.6. The van der Waals surface area contributed by atoms with Crippen LogP contribution in [0.4, 0.5) is 5.69 Å². The topological polar surface area (TPSA) is 68.9 Å². The van der Waals surface area contributed by atoms with Crippen LogP contribution in [0.15, 0.2) is 36.8 Å². The second kappa shape index (κ2) is 4.28. The van der Waals surface area contributed by atoms with Crippen molar-refractivity contribution in [2.45, 2.75) is 0 Å². The van der Waals surface area contributed by atoms with E-state index >= 15 is 0 Å². The number of rotatable bonds is 2. The fraction of sp³-hybridized carbons (Fsp3) is 0. The van der Waals surface area contributed by atoms with Gasteiger partial charge in [0.15, 0.2) is 0 Å². The van der Waals surface area contributed by atoms with Gasteiger partial charge >= 0.3 is 0 Å². The fourth-order valence-corrected chi connectivity index (χ4v) is 1.44. The fourth-order valence-electron chi connectivity index (χ4n) is 1.28. The molecule has 0 amide bonds. The molecule has 0 aliphatic rings. The van der Waals surface area contributed by atoms with E-state index in [4.69, 9.17) is 17.3 Å². The zero-order chi connectivity index (χ0) is 11.5. The predicted octanol–water partition coefficient (Wildman–Crippen LogP) is 1.94. The van der Waals surface area contributed by atoms with E-state index in [1.807, 2.05) is 0 Å². The summed E-state index contributed by atoms with van der Waals surface area (Å²) in [5.74, 6) is -0.262. The summed E-state index contributed by atoms with van der Waals surface area (Å²) in [5, 5.41) is 0.403. The molecule has 0 saturated heterocycles. The van der Waals surface area contributed by atoms with Crippen molar-refractivity contribution < 1.29 is 4.79 Å². The summed E-state index contributed by atoms with van der Waals surface area (Å²) in [6, 6.07) is 4.84. The van der Waals surface area contributed by atoms with E-state index in [1.165, 1.54) is 18.5 Å². The van der Waals surface area contributed by atoms with Gasteiger partial charge in [-0.25, -0.2) is 4.98 Å². The lowest BCUT2D eigenvalue weighted by Crippen LogP contribution is -2.08. The van der Waals surface area contributed by atoms with Gasteiger partial charge in [0, 0.05) is 24.2 Å². The van der Waals surface area contributed by atoms with Gasteiger partial charge in [0.05, 0.1) is 10.7 Å². The first-order valence-electron chi connectivity index (χ1n) is 4.54. The van der Waals surface area contributed by atoms with Crippen LogP contribution in [0.5, 0.6) is 0 Å². The minimum Gasteiger partial charge on any atom is -0.397 e. The first-order chi connectivity index (χ1) is 7.68. The number of nitrogens with two attached hydrogens (primary N) is 1. The highest BCUT2D eigenvalue weighted by atomic mass is 35.5. The van der Waals surface area contributed by atoms with E-state index in [0.29, 0.717) is 10.6 Å². The molecular weight excluding hydrogens is 226 g/mol. The maximum absolute atomic E-state index is 12.0. The number of carbonyl (C=O) groups is 1. The zero-order valence-electron chi connectivity index (χ0n) is 8.22. The van der Waals surface area contributed by atoms with Crippen LogP contribution < -0.4 is 5.73 Å². The molecule has 2 heterocycles. The normalized spacial score (nSPS) is 10.1. The van der Waals surface area contributed by atoms with Gasteiger partial charge in [-0.2, -0.15) is 0 Å². The van der Waals surface area contributed by atoms with Crippen molar-refractivity contribution in [2.75, 3.05) is 5.73 Å². The molecule has 0 fully saturated rings. The van der Waals surface area contributed by atoms with Crippen LogP contribution in [-0.4, -0.2) is 15.8 Å². The molecular formula is C11H8ClN3O. The Kier molecular flexibility index (Phi) is 2.83. The van der Waals surface area contributed by atoms with E-state index in [1.54, 1.807) is 18.3 Å². The Labute approximate surface area is 97.1 Å². The van der Waals surface area contributed by atoms with Crippen molar-refractivity contribution >= 4 is 23.1 Å². The molecule has 0 unspecified atom stereocenters. The van der Waals surface area contributed by atoms with E-state index in [0.717, 1.165) is 0 Å². The number of anilines is 1. The van der Waals surface area contributed by atoms with Gasteiger partial charge in [0.25, 0.3) is 0 Å². The van der Waals surface area contributed by atoms with Gasteiger partial charge in [-0.05, 0) is 18.2 Å². The van der Waals surface area contributed by atoms with Crippen LogP contribution in [0.2, 0.25) is 5.02 Å². The largest absolute Gasteiger partial charge is 0.397 e. The van der Waals surface area contributed by atoms with Crippen molar-refractivity contribution in [1.82, 2.24) is 9.97 Å². The Hall–Kier alpha value is -1.94. The number of halogens is 1. The van der Waals surface area contributed by atoms with Gasteiger partial charge in [0.2, 0.25) is 5.78 Å². The summed E-state index contributed by atoms with van der Waals surface area (Å²) in [5.41, 5.74) is 6.58. The minimum absolute atomic E-state index is 0.192. The quantitative estimate of drug-likeness (QED) is 0.805. The Morgan fingerprint density at radius 1 is 1.38 bits per heavy atom. The molecule has 0 spiro atoms. The van der Waals surface area contributed by atoms with Gasteiger partial charge in [-0.3, -0.25) is 9.78 Å². The maximum atomic E-state index is 12.0. The smallest absolute Gasteiger partial charge is 0.215 e. The van der Waals surface area contributed by atoms with E-state index in [-0.39, 0.29) is 17.2 Å². The Morgan fingerprint density at radius 3 is 2.81 bits per heavy atom. The molecule has 0 atom stereocenters. The third kappa shape index (κ3) is 2.01. The Bertz CT molecular complexity index is 528. The highest BCUT2D eigenvalue weighted by Gasteiger charge is 2.13. The van der Waals surface area contributed by atoms with Crippen molar-refractivity contribution in [1.29, 1.82) is 0 Å². The number of pyridine rings is 2. The van der Waals surface area contributed by atoms with Gasteiger partial charge in [-0.1, -0.05) is 11.6 Å². The van der Waals surface area contributed by atoms with Crippen LogP contribution in [0.1, 0.15) is 16.1 Å². The number of aromatic nitrogens is 2. The Balaban J connectivity index is 2.42. The van der Waals surface area contributed by atoms with Crippen LogP contribution in [0, 0.1) is 0 Å². The van der Waals surface area contributed by atoms with Crippen LogP contribution in [0.25, 0.3) is 0 Å². The standard InChI is InChI=1S/C11H8ClN3O/c12-8-4-9(13)10(15-6-8)11(16)7-2-1-3-14-5-7/h1-6H,13H2. The summed E-state index contributed by atoms with van der Waals surface area (Å²) in [4.78, 5) is 19.7. The lowest BCUT2D eigenvalue weighted by Gasteiger charge is -2.03. The molecule has 0 aliphatic heterocycles. The summed E-state index contributed by atoms with van der Waals surface area (Å²) < 4.78 is 0. The molecule has 2 aromatic rings. The average molecular weight is 234 g/mol. The second-order valence-electron chi connectivity index (χ2n) is 3.16. The van der Waals surface area contributed by atoms with Crippen molar-refractivity contribution in [2.24, 2.45) is 0 Å². The number of carbonyl (C=O) groups excluding carboxylic acids is 1. The molecule has 2 rings (SSSR count). The van der Waals surface area contributed by atoms with Crippen LogP contribution >= 0.6 is 11.6 Å². The molecule has 0 saturated carbocycles. The average Bonchev–Trinajstić information content (AvgIpc) is 2.29. The molecule has 2 aromatic heterocycles. The summed E-state index contributed by atoms with van der Waals surface area (Å²) in [6.45, 7) is 0. The zero-order valence-corrected chi connectivity index (χ0v) is 8.98. The highest BCUT2D eigenvalue weighted by Crippen LogP contribution is 2.17. The molecule has 0 aliphatic carbocycles. The molecule has 2 N–H and O–H groups in total. The molecule has 0 aromatic carbocycles. The van der Waals surface area contributed by atoms with E-state index in [2.05, 4.69) is 9.97 Å². The molecule has 5 heteroatoms. The summed E-state index contributed by atoms with van der Waals surface area (Å²) in [6.07, 6.45) is 4.45. The molecule has 80 valence electrons. The number of ketones is 1. The minimum atomic E-state index is -0.262. The van der Waals surface area contributed by atoms with Crippen molar-refractivity contribution in [3.63, 3.8) is 0 Å². The highest BCUT2D eigenvalue weighted by molar-refractivity contribution is 6.31. The molecule has 0 bridgehead atoms. The summed E-state index contributed by atoms with van der Waals surface area (Å²) >= 11 is 5.70. The van der Waals surface area contributed by atoms with Gasteiger partial charge < -0.3 is 5.73 Å². The number of nitrogen functional groups attached to an aromatic ring is 1. The lowest BCUT2D eigenvalue weighted by molar-refractivity contribution is 0.103.